The zero-order valence-corrected chi connectivity index (χ0v) is 8.66. The number of halogens is 4. The average molecular weight is 224 g/mol. The standard InChI is InChI=1S/C4H6Cl4Si/c1-4(2-5)3-9(6,7)8/h1-3H2. The van der Waals surface area contributed by atoms with E-state index in [0.717, 1.165) is 5.57 Å². The van der Waals surface area contributed by atoms with Gasteiger partial charge in [0, 0.05) is 11.9 Å². The minimum absolute atomic E-state index is 0.376. The lowest BCUT2D eigenvalue weighted by Crippen LogP contribution is -2.09. The molecule has 0 nitrogen and oxygen atoms in total. The zero-order chi connectivity index (χ0) is 7.49. The van der Waals surface area contributed by atoms with Crippen molar-refractivity contribution in [2.24, 2.45) is 0 Å². The Morgan fingerprint density at radius 2 is 1.78 bits per heavy atom. The minimum Gasteiger partial charge on any atom is -0.126 e. The number of rotatable bonds is 3. The smallest absolute Gasteiger partial charge is 0.126 e. The highest BCUT2D eigenvalue weighted by molar-refractivity contribution is 7.64. The fourth-order valence-electron chi connectivity index (χ4n) is 0.331. The van der Waals surface area contributed by atoms with Crippen LogP contribution in [-0.2, 0) is 0 Å². The van der Waals surface area contributed by atoms with Gasteiger partial charge in [-0.3, -0.25) is 0 Å². The highest BCUT2D eigenvalue weighted by Gasteiger charge is 2.25. The average Bonchev–Trinajstić information content (AvgIpc) is 1.62. The molecule has 0 aliphatic heterocycles. The monoisotopic (exact) mass is 222 g/mol. The molecule has 0 aromatic heterocycles. The molecule has 0 aliphatic rings. The highest BCUT2D eigenvalue weighted by Crippen LogP contribution is 2.28. The lowest BCUT2D eigenvalue weighted by Gasteiger charge is -2.06. The third-order valence-electron chi connectivity index (χ3n) is 0.639. The van der Waals surface area contributed by atoms with Gasteiger partial charge in [0.05, 0.1) is 0 Å². The van der Waals surface area contributed by atoms with Crippen molar-refractivity contribution in [3.8, 4) is 0 Å². The van der Waals surface area contributed by atoms with Crippen LogP contribution in [0.2, 0.25) is 6.04 Å². The Bertz CT molecular complexity index is 106. The van der Waals surface area contributed by atoms with E-state index in [1.807, 2.05) is 0 Å². The van der Waals surface area contributed by atoms with Gasteiger partial charge in [-0.1, -0.05) is 12.2 Å². The van der Waals surface area contributed by atoms with E-state index in [1.165, 1.54) is 0 Å². The summed E-state index contributed by atoms with van der Waals surface area (Å²) < 4.78 is 0. The van der Waals surface area contributed by atoms with Crippen molar-refractivity contribution >= 4 is 50.8 Å². The lowest BCUT2D eigenvalue weighted by atomic mass is 10.4. The second-order valence-corrected chi connectivity index (χ2v) is 11.1. The van der Waals surface area contributed by atoms with Gasteiger partial charge in [0.25, 0.3) is 0 Å². The van der Waals surface area contributed by atoms with E-state index in [4.69, 9.17) is 44.8 Å². The van der Waals surface area contributed by atoms with Crippen LogP contribution in [0.1, 0.15) is 0 Å². The predicted molar refractivity (Wildman–Crippen MR) is 48.0 cm³/mol. The van der Waals surface area contributed by atoms with Crippen LogP contribution in [-0.4, -0.2) is 11.9 Å². The fraction of sp³-hybridized carbons (Fsp3) is 0.500. The Morgan fingerprint density at radius 1 is 1.33 bits per heavy atom. The highest BCUT2D eigenvalue weighted by atomic mass is 35.8. The summed E-state index contributed by atoms with van der Waals surface area (Å²) in [5.41, 5.74) is 0.795. The Balaban J connectivity index is 3.60. The first kappa shape index (κ1) is 10.1. The van der Waals surface area contributed by atoms with Gasteiger partial charge in [0.1, 0.15) is 0 Å². The second-order valence-electron chi connectivity index (χ2n) is 1.68. The second kappa shape index (κ2) is 4.09. The summed E-state index contributed by atoms with van der Waals surface area (Å²) in [6.07, 6.45) is 0. The summed E-state index contributed by atoms with van der Waals surface area (Å²) in [6.45, 7) is 3.61. The zero-order valence-electron chi connectivity index (χ0n) is 4.63. The van der Waals surface area contributed by atoms with E-state index in [9.17, 15) is 0 Å². The first-order valence-electron chi connectivity index (χ1n) is 2.25. The Labute approximate surface area is 74.9 Å². The van der Waals surface area contributed by atoms with Crippen LogP contribution < -0.4 is 0 Å². The summed E-state index contributed by atoms with van der Waals surface area (Å²) >= 11 is 22.1. The Kier molecular flexibility index (Phi) is 4.60. The molecule has 0 bridgehead atoms. The molecule has 0 aromatic carbocycles. The van der Waals surface area contributed by atoms with Gasteiger partial charge in [-0.05, 0) is 0 Å². The van der Waals surface area contributed by atoms with Crippen LogP contribution in [0.5, 0.6) is 0 Å². The number of allylic oxidation sites excluding steroid dienone is 1. The molecule has 0 aromatic rings. The molecule has 0 unspecified atom stereocenters. The molecule has 54 valence electrons. The van der Waals surface area contributed by atoms with Crippen LogP contribution in [0, 0.1) is 0 Å². The molecule has 0 aliphatic carbocycles. The minimum atomic E-state index is -2.51. The summed E-state index contributed by atoms with van der Waals surface area (Å²) in [7, 11) is 0. The van der Waals surface area contributed by atoms with E-state index in [2.05, 4.69) is 6.58 Å². The largest absolute Gasteiger partial charge is 0.345 e. The summed E-state index contributed by atoms with van der Waals surface area (Å²) in [4.78, 5) is 0. The van der Waals surface area contributed by atoms with Gasteiger partial charge in [-0.25, -0.2) is 0 Å². The molecule has 0 atom stereocenters. The van der Waals surface area contributed by atoms with Crippen LogP contribution in [0.3, 0.4) is 0 Å². The van der Waals surface area contributed by atoms with Gasteiger partial charge >= 0.3 is 6.00 Å². The van der Waals surface area contributed by atoms with Gasteiger partial charge in [0.15, 0.2) is 0 Å². The number of hydrogen-bond acceptors (Lipinski definition) is 0. The first-order chi connectivity index (χ1) is 3.95. The van der Waals surface area contributed by atoms with Crippen molar-refractivity contribution in [1.82, 2.24) is 0 Å². The van der Waals surface area contributed by atoms with Crippen molar-refractivity contribution in [2.45, 2.75) is 6.04 Å². The third kappa shape index (κ3) is 7.01. The van der Waals surface area contributed by atoms with Crippen molar-refractivity contribution in [3.63, 3.8) is 0 Å². The van der Waals surface area contributed by atoms with E-state index in [1.54, 1.807) is 0 Å². The SMILES string of the molecule is C=C(CCl)C[Si](Cl)(Cl)Cl. The Hall–Kier alpha value is 1.12. The fourth-order valence-corrected chi connectivity index (χ4v) is 2.98. The van der Waals surface area contributed by atoms with E-state index < -0.39 is 6.00 Å². The molecule has 0 saturated heterocycles. The van der Waals surface area contributed by atoms with Crippen molar-refractivity contribution in [1.29, 1.82) is 0 Å². The van der Waals surface area contributed by atoms with Crippen molar-refractivity contribution in [2.75, 3.05) is 5.88 Å². The number of hydrogen-bond donors (Lipinski definition) is 0. The topological polar surface area (TPSA) is 0 Å². The van der Waals surface area contributed by atoms with Crippen LogP contribution in [0.4, 0.5) is 0 Å². The number of alkyl halides is 1. The predicted octanol–water partition coefficient (Wildman–Crippen LogP) is 3.44. The Morgan fingerprint density at radius 3 is 1.89 bits per heavy atom. The van der Waals surface area contributed by atoms with E-state index >= 15 is 0 Å². The maximum atomic E-state index is 5.56. The summed E-state index contributed by atoms with van der Waals surface area (Å²) in [5.74, 6) is 0.376. The molecule has 5 heteroatoms. The van der Waals surface area contributed by atoms with Gasteiger partial charge < -0.3 is 0 Å². The van der Waals surface area contributed by atoms with Crippen LogP contribution in [0.25, 0.3) is 0 Å². The normalized spacial score (nSPS) is 11.6. The molecule has 0 N–H and O–H groups in total. The quantitative estimate of drug-likeness (QED) is 0.298. The van der Waals surface area contributed by atoms with Gasteiger partial charge in [-0.2, -0.15) is 0 Å². The molecule has 9 heavy (non-hydrogen) atoms. The van der Waals surface area contributed by atoms with Crippen LogP contribution >= 0.6 is 44.8 Å². The summed E-state index contributed by atoms with van der Waals surface area (Å²) in [5, 5.41) is 0. The molecule has 0 rings (SSSR count). The van der Waals surface area contributed by atoms with Crippen molar-refractivity contribution in [3.05, 3.63) is 12.2 Å². The molecular weight excluding hydrogens is 218 g/mol. The van der Waals surface area contributed by atoms with E-state index in [0.29, 0.717) is 11.9 Å². The van der Waals surface area contributed by atoms with Gasteiger partial charge in [-0.15, -0.1) is 44.8 Å². The third-order valence-corrected chi connectivity index (χ3v) is 3.12. The maximum Gasteiger partial charge on any atom is 0.345 e. The molecular formula is C4H6Cl4Si. The first-order valence-corrected chi connectivity index (χ1v) is 8.03. The molecule has 0 amide bonds. The molecule has 0 radical (unpaired) electrons. The molecule has 0 fully saturated rings. The van der Waals surface area contributed by atoms with E-state index in [-0.39, 0.29) is 0 Å². The maximum absolute atomic E-state index is 5.56. The lowest BCUT2D eigenvalue weighted by molar-refractivity contribution is 1.40. The molecule has 0 heterocycles. The summed E-state index contributed by atoms with van der Waals surface area (Å²) in [6, 6.07) is -2.05. The van der Waals surface area contributed by atoms with Crippen LogP contribution in [0.15, 0.2) is 12.2 Å². The van der Waals surface area contributed by atoms with Gasteiger partial charge in [0.2, 0.25) is 0 Å². The molecule has 0 spiro atoms. The van der Waals surface area contributed by atoms with Crippen molar-refractivity contribution < 1.29 is 0 Å². The molecule has 0 saturated carbocycles.